The lowest BCUT2D eigenvalue weighted by Crippen LogP contribution is -2.31. The Bertz CT molecular complexity index is 418. The van der Waals surface area contributed by atoms with E-state index in [9.17, 15) is 14.9 Å². The van der Waals surface area contributed by atoms with Crippen LogP contribution >= 0.6 is 0 Å². The normalized spacial score (nSPS) is 19.7. The van der Waals surface area contributed by atoms with Crippen molar-refractivity contribution in [3.63, 3.8) is 0 Å². The summed E-state index contributed by atoms with van der Waals surface area (Å²) in [4.78, 5) is 20.3. The van der Waals surface area contributed by atoms with Gasteiger partial charge in [0.05, 0.1) is 11.0 Å². The van der Waals surface area contributed by atoms with E-state index >= 15 is 0 Å². The number of nitro groups is 1. The molecule has 0 saturated carbocycles. The molecule has 1 aromatic rings. The van der Waals surface area contributed by atoms with E-state index in [4.69, 9.17) is 10.5 Å². The first-order valence-corrected chi connectivity index (χ1v) is 5.50. The lowest BCUT2D eigenvalue weighted by Gasteiger charge is -2.01. The molecule has 0 spiro atoms. The Kier molecular flexibility index (Phi) is 5.40. The van der Waals surface area contributed by atoms with Crippen LogP contribution in [-0.2, 0) is 16.6 Å². The summed E-state index contributed by atoms with van der Waals surface area (Å²) >= 11 is 0. The molecule has 2 N–H and O–H groups in total. The van der Waals surface area contributed by atoms with E-state index in [2.05, 4.69) is 5.10 Å². The summed E-state index contributed by atoms with van der Waals surface area (Å²) in [5.41, 5.74) is 5.47. The minimum absolute atomic E-state index is 0.0255. The van der Waals surface area contributed by atoms with E-state index in [1.807, 2.05) is 0 Å². The van der Waals surface area contributed by atoms with Crippen LogP contribution in [0.5, 0.6) is 0 Å². The molecule has 0 aliphatic carbocycles. The topological polar surface area (TPSA) is 113 Å². The van der Waals surface area contributed by atoms with Crippen LogP contribution < -0.4 is 5.73 Å². The number of ketones is 1. The summed E-state index contributed by atoms with van der Waals surface area (Å²) in [5.74, 6) is 0.0347. The number of aromatic nitrogens is 2. The number of hydrogen-bond acceptors (Lipinski definition) is 6. The Morgan fingerprint density at radius 3 is 2.89 bits per heavy atom. The molecule has 0 amide bonds. The zero-order chi connectivity index (χ0) is 13.5. The van der Waals surface area contributed by atoms with Crippen molar-refractivity contribution in [1.29, 1.82) is 0 Å². The number of nitrogens with two attached hydrogens (primary N) is 1. The number of carbonyl (C=O) groups excluding carboxylic acids is 1. The highest BCUT2D eigenvalue weighted by Gasteiger charge is 2.15. The van der Waals surface area contributed by atoms with Gasteiger partial charge in [0.1, 0.15) is 19.0 Å². The van der Waals surface area contributed by atoms with Crippen LogP contribution in [0.1, 0.15) is 12.8 Å². The second kappa shape index (κ2) is 6.82. The second-order valence-electron chi connectivity index (χ2n) is 3.90. The number of rotatable bonds is 1. The molecule has 8 heteroatoms. The molecule has 0 aromatic carbocycles. The van der Waals surface area contributed by atoms with E-state index in [0.29, 0.717) is 6.61 Å². The van der Waals surface area contributed by atoms with Crippen LogP contribution in [0.4, 0.5) is 5.69 Å². The fraction of sp³-hybridized carbons (Fsp3) is 0.600. The Morgan fingerprint density at radius 2 is 2.39 bits per heavy atom. The highest BCUT2D eigenvalue weighted by molar-refractivity contribution is 5.85. The fourth-order valence-electron chi connectivity index (χ4n) is 1.35. The van der Waals surface area contributed by atoms with Crippen molar-refractivity contribution < 1.29 is 14.5 Å². The second-order valence-corrected chi connectivity index (χ2v) is 3.90. The van der Waals surface area contributed by atoms with Crippen molar-refractivity contribution in [1.82, 2.24) is 9.78 Å². The summed E-state index contributed by atoms with van der Waals surface area (Å²) in [6.07, 6.45) is 4.24. The van der Waals surface area contributed by atoms with Gasteiger partial charge >= 0.3 is 5.69 Å². The minimum atomic E-state index is -0.479. The number of ether oxygens (including phenoxy) is 1. The van der Waals surface area contributed by atoms with Crippen LogP contribution in [0.2, 0.25) is 0 Å². The molecule has 1 aromatic heterocycles. The van der Waals surface area contributed by atoms with Crippen molar-refractivity contribution in [2.75, 3.05) is 13.2 Å². The van der Waals surface area contributed by atoms with Gasteiger partial charge < -0.3 is 10.5 Å². The van der Waals surface area contributed by atoms with Crippen molar-refractivity contribution in [2.45, 2.75) is 18.9 Å². The number of carbonyl (C=O) groups is 1. The predicted molar refractivity (Wildman–Crippen MR) is 62.9 cm³/mol. The molecule has 1 fully saturated rings. The molecule has 0 radical (unpaired) electrons. The van der Waals surface area contributed by atoms with Crippen molar-refractivity contribution in [2.24, 2.45) is 12.8 Å². The molecule has 1 saturated heterocycles. The Hall–Kier alpha value is -1.80. The van der Waals surface area contributed by atoms with Gasteiger partial charge in [0.15, 0.2) is 5.78 Å². The number of hydrogen-bond donors (Lipinski definition) is 1. The molecule has 18 heavy (non-hydrogen) atoms. The van der Waals surface area contributed by atoms with Crippen molar-refractivity contribution in [3.05, 3.63) is 22.5 Å². The van der Waals surface area contributed by atoms with Crippen molar-refractivity contribution in [3.8, 4) is 0 Å². The predicted octanol–water partition coefficient (Wildman–Crippen LogP) is 0.0215. The number of nitrogens with zero attached hydrogens (tertiary/aromatic N) is 3. The highest BCUT2D eigenvalue weighted by Crippen LogP contribution is 2.05. The average Bonchev–Trinajstić information content (AvgIpc) is 2.67. The zero-order valence-electron chi connectivity index (χ0n) is 10.1. The van der Waals surface area contributed by atoms with Gasteiger partial charge in [-0.15, -0.1) is 0 Å². The van der Waals surface area contributed by atoms with Crippen LogP contribution in [0, 0.1) is 10.1 Å². The first-order chi connectivity index (χ1) is 8.50. The molecule has 0 bridgehead atoms. The lowest BCUT2D eigenvalue weighted by molar-refractivity contribution is -0.384. The minimum Gasteiger partial charge on any atom is -0.374 e. The van der Waals surface area contributed by atoms with Gasteiger partial charge in [-0.2, -0.15) is 5.10 Å². The van der Waals surface area contributed by atoms with Crippen LogP contribution in [0.15, 0.2) is 12.4 Å². The van der Waals surface area contributed by atoms with E-state index in [0.717, 1.165) is 12.8 Å². The van der Waals surface area contributed by atoms with Gasteiger partial charge in [0, 0.05) is 13.7 Å². The highest BCUT2D eigenvalue weighted by atomic mass is 16.6. The lowest BCUT2D eigenvalue weighted by atomic mass is 10.1. The fourth-order valence-corrected chi connectivity index (χ4v) is 1.35. The molecule has 1 aliphatic heterocycles. The standard InChI is InChI=1S/C6H11NO2.C4H5N3O2/c7-5-2-1-3-9-4-6(5)8;1-6-3-4(2-5-6)7(8)9/h5H,1-4,7H2;2-3H,1H3. The summed E-state index contributed by atoms with van der Waals surface area (Å²) in [7, 11) is 1.63. The summed E-state index contributed by atoms with van der Waals surface area (Å²) in [6.45, 7) is 0.889. The maximum absolute atomic E-state index is 10.8. The van der Waals surface area contributed by atoms with Crippen molar-refractivity contribution >= 4 is 11.5 Å². The zero-order valence-corrected chi connectivity index (χ0v) is 10.1. The van der Waals surface area contributed by atoms with Gasteiger partial charge in [0.25, 0.3) is 0 Å². The summed E-state index contributed by atoms with van der Waals surface area (Å²) < 4.78 is 6.33. The first kappa shape index (κ1) is 14.3. The third kappa shape index (κ3) is 4.60. The largest absolute Gasteiger partial charge is 0.374 e. The SMILES string of the molecule is Cn1cc([N+](=O)[O-])cn1.NC1CCCOCC1=O. The van der Waals surface area contributed by atoms with Gasteiger partial charge in [-0.05, 0) is 12.8 Å². The molecule has 1 atom stereocenters. The smallest absolute Gasteiger partial charge is 0.306 e. The molecule has 8 nitrogen and oxygen atoms in total. The van der Waals surface area contributed by atoms with E-state index in [1.54, 1.807) is 7.05 Å². The van der Waals surface area contributed by atoms with Gasteiger partial charge in [0.2, 0.25) is 0 Å². The van der Waals surface area contributed by atoms with E-state index in [-0.39, 0.29) is 24.1 Å². The van der Waals surface area contributed by atoms with Gasteiger partial charge in [-0.25, -0.2) is 0 Å². The van der Waals surface area contributed by atoms with Crippen LogP contribution in [0.25, 0.3) is 0 Å². The quantitative estimate of drug-likeness (QED) is 0.559. The van der Waals surface area contributed by atoms with E-state index in [1.165, 1.54) is 17.1 Å². The molecule has 100 valence electrons. The maximum atomic E-state index is 10.8. The van der Waals surface area contributed by atoms with Gasteiger partial charge in [-0.1, -0.05) is 0 Å². The Balaban J connectivity index is 0.000000180. The molecular formula is C10H16N4O4. The number of aryl methyl sites for hydroxylation is 1. The third-order valence-electron chi connectivity index (χ3n) is 2.36. The van der Waals surface area contributed by atoms with E-state index < -0.39 is 4.92 Å². The van der Waals surface area contributed by atoms with Crippen LogP contribution in [0.3, 0.4) is 0 Å². The maximum Gasteiger partial charge on any atom is 0.306 e. The Labute approximate surface area is 104 Å². The third-order valence-corrected chi connectivity index (χ3v) is 2.36. The molecule has 1 aliphatic rings. The van der Waals surface area contributed by atoms with Crippen LogP contribution in [-0.4, -0.2) is 39.7 Å². The number of Topliss-reactive ketones (excluding diaryl/α,β-unsaturated/α-hetero) is 1. The van der Waals surface area contributed by atoms with Gasteiger partial charge in [-0.3, -0.25) is 19.6 Å². The monoisotopic (exact) mass is 256 g/mol. The molecule has 1 unspecified atom stereocenters. The molecular weight excluding hydrogens is 240 g/mol. The summed E-state index contributed by atoms with van der Waals surface area (Å²) in [6, 6.07) is -0.271. The first-order valence-electron chi connectivity index (χ1n) is 5.50. The Morgan fingerprint density at radius 1 is 1.67 bits per heavy atom. The molecule has 2 heterocycles. The average molecular weight is 256 g/mol. The molecule has 2 rings (SSSR count). The summed E-state index contributed by atoms with van der Waals surface area (Å²) in [5, 5.41) is 13.6.